The van der Waals surface area contributed by atoms with E-state index < -0.39 is 12.5 Å². The third kappa shape index (κ3) is 6.09. The molecule has 0 aliphatic heterocycles. The Morgan fingerprint density at radius 1 is 1.05 bits per heavy atom. The van der Waals surface area contributed by atoms with Crippen LogP contribution in [-0.4, -0.2) is 45.6 Å². The van der Waals surface area contributed by atoms with Crippen molar-refractivity contribution in [2.75, 3.05) is 7.05 Å². The highest BCUT2D eigenvalue weighted by Gasteiger charge is 2.26. The van der Waals surface area contributed by atoms with E-state index in [-0.39, 0.29) is 45.6 Å². The first kappa shape index (κ1) is 28.3. The molecule has 2 aromatic heterocycles. The van der Waals surface area contributed by atoms with E-state index in [1.165, 1.54) is 31.4 Å². The van der Waals surface area contributed by atoms with Crippen molar-refractivity contribution < 1.29 is 23.1 Å². The van der Waals surface area contributed by atoms with Crippen LogP contribution < -0.4 is 21.1 Å². The zero-order valence-electron chi connectivity index (χ0n) is 22.1. The Hall–Kier alpha value is -4.25. The normalized spacial score (nSPS) is 17.0. The Kier molecular flexibility index (Phi) is 8.34. The molecule has 0 bridgehead atoms. The zero-order chi connectivity index (χ0) is 29.1. The first-order valence-corrected chi connectivity index (χ1v) is 13.6. The fourth-order valence-corrected chi connectivity index (χ4v) is 5.48. The topological polar surface area (TPSA) is 107 Å². The molecule has 0 saturated heterocycles. The minimum absolute atomic E-state index is 0.0443. The Bertz CT molecular complexity index is 1630. The predicted octanol–water partition coefficient (Wildman–Crippen LogP) is 4.79. The predicted molar refractivity (Wildman–Crippen MR) is 150 cm³/mol. The molecule has 9 nitrogen and oxygen atoms in total. The molecule has 1 aliphatic carbocycles. The number of nitrogens with zero attached hydrogens (tertiary/aromatic N) is 3. The van der Waals surface area contributed by atoms with Gasteiger partial charge in [0.1, 0.15) is 11.4 Å². The maximum atomic E-state index is 13.6. The van der Waals surface area contributed by atoms with Crippen LogP contribution in [0.25, 0.3) is 16.7 Å². The van der Waals surface area contributed by atoms with Gasteiger partial charge >= 0.3 is 12.3 Å². The summed E-state index contributed by atoms with van der Waals surface area (Å²) < 4.78 is 33.4. The number of para-hydroxylation sites is 2. The maximum Gasteiger partial charge on any atom is 0.387 e. The second-order valence-electron chi connectivity index (χ2n) is 9.91. The Morgan fingerprint density at radius 2 is 1.78 bits per heavy atom. The summed E-state index contributed by atoms with van der Waals surface area (Å²) in [6.45, 7) is -2.57. The van der Waals surface area contributed by atoms with Gasteiger partial charge < -0.3 is 15.4 Å². The fraction of sp³-hybridized carbons (Fsp3) is 0.310. The molecule has 2 heterocycles. The van der Waals surface area contributed by atoms with E-state index in [0.29, 0.717) is 25.1 Å². The minimum atomic E-state index is -3.06. The molecule has 0 atom stereocenters. The highest BCUT2D eigenvalue weighted by atomic mass is 35.5. The number of nitrogens with one attached hydrogen (secondary N) is 2. The van der Waals surface area contributed by atoms with Gasteiger partial charge in [-0.2, -0.15) is 8.78 Å². The summed E-state index contributed by atoms with van der Waals surface area (Å²) in [7, 11) is 1.53. The number of amides is 2. The molecule has 0 spiro atoms. The van der Waals surface area contributed by atoms with Gasteiger partial charge in [0.15, 0.2) is 0 Å². The number of hydrogen-bond donors (Lipinski definition) is 2. The summed E-state index contributed by atoms with van der Waals surface area (Å²) in [6.07, 6.45) is 4.36. The number of halogens is 3. The molecule has 1 saturated carbocycles. The molecule has 2 N–H and O–H groups in total. The van der Waals surface area contributed by atoms with Gasteiger partial charge in [0.25, 0.3) is 11.8 Å². The number of ether oxygens (including phenoxy) is 1. The van der Waals surface area contributed by atoms with E-state index in [2.05, 4.69) is 20.4 Å². The average molecular weight is 584 g/mol. The van der Waals surface area contributed by atoms with E-state index in [0.717, 1.165) is 23.9 Å². The van der Waals surface area contributed by atoms with Crippen LogP contribution in [0.2, 0.25) is 5.02 Å². The molecule has 4 aromatic rings. The van der Waals surface area contributed by atoms with Gasteiger partial charge in [-0.3, -0.25) is 18.7 Å². The molecule has 1 aliphatic rings. The second kappa shape index (κ2) is 12.1. The van der Waals surface area contributed by atoms with E-state index >= 15 is 0 Å². The molecular formula is C29H28ClF2N5O4. The quantitative estimate of drug-likeness (QED) is 0.310. The highest BCUT2D eigenvalue weighted by Crippen LogP contribution is 2.29. The number of alkyl halides is 2. The molecule has 0 unspecified atom stereocenters. The van der Waals surface area contributed by atoms with E-state index in [9.17, 15) is 23.2 Å². The summed E-state index contributed by atoms with van der Waals surface area (Å²) in [5.41, 5.74) is 2.08. The van der Waals surface area contributed by atoms with Crippen molar-refractivity contribution in [3.8, 4) is 11.4 Å². The number of pyridine rings is 1. The first-order valence-electron chi connectivity index (χ1n) is 13.2. The van der Waals surface area contributed by atoms with Crippen LogP contribution in [0, 0.1) is 5.92 Å². The molecule has 2 aromatic carbocycles. The van der Waals surface area contributed by atoms with Crippen LogP contribution in [-0.2, 0) is 6.54 Å². The number of hydrogen-bond acceptors (Lipinski definition) is 5. The molecule has 2 amide bonds. The van der Waals surface area contributed by atoms with Crippen molar-refractivity contribution in [2.45, 2.75) is 44.9 Å². The van der Waals surface area contributed by atoms with Gasteiger partial charge in [-0.25, -0.2) is 9.78 Å². The lowest BCUT2D eigenvalue weighted by molar-refractivity contribution is -0.0501. The standard InChI is InChI=1S/C29H28ClF2N5O4/c1-33-27(39)22-12-11-20(15-34-22)37-24-5-3-2-4-23(24)36(29(37)40)16-17-6-9-19(10-7-17)35-26(38)21-14-18(30)8-13-25(21)41-28(31)32/h2-5,8,11-15,17,19,28H,6-7,9-10,16H2,1H3,(H,33,39)(H,35,38). The van der Waals surface area contributed by atoms with Gasteiger partial charge in [-0.05, 0) is 74.1 Å². The van der Waals surface area contributed by atoms with Crippen molar-refractivity contribution in [1.29, 1.82) is 0 Å². The summed E-state index contributed by atoms with van der Waals surface area (Å²) in [5.74, 6) is -0.878. The molecule has 214 valence electrons. The Morgan fingerprint density at radius 3 is 2.44 bits per heavy atom. The summed E-state index contributed by atoms with van der Waals surface area (Å²) in [5, 5.41) is 5.68. The van der Waals surface area contributed by atoms with Crippen LogP contribution in [0.15, 0.2) is 65.6 Å². The van der Waals surface area contributed by atoms with Crippen LogP contribution in [0.1, 0.15) is 46.5 Å². The van der Waals surface area contributed by atoms with Gasteiger partial charge in [0, 0.05) is 24.7 Å². The lowest BCUT2D eigenvalue weighted by Crippen LogP contribution is -2.38. The Labute approximate surface area is 239 Å². The smallest absolute Gasteiger partial charge is 0.387 e. The van der Waals surface area contributed by atoms with Gasteiger partial charge in [0.2, 0.25) is 0 Å². The van der Waals surface area contributed by atoms with Crippen molar-refractivity contribution in [3.63, 3.8) is 0 Å². The zero-order valence-corrected chi connectivity index (χ0v) is 22.9. The number of fused-ring (bicyclic) bond motifs is 1. The largest absolute Gasteiger partial charge is 0.434 e. The van der Waals surface area contributed by atoms with Gasteiger partial charge in [-0.1, -0.05) is 23.7 Å². The van der Waals surface area contributed by atoms with Crippen LogP contribution in [0.3, 0.4) is 0 Å². The van der Waals surface area contributed by atoms with E-state index in [1.807, 2.05) is 24.3 Å². The molecule has 41 heavy (non-hydrogen) atoms. The third-order valence-corrected chi connectivity index (χ3v) is 7.56. The summed E-state index contributed by atoms with van der Waals surface area (Å²) >= 11 is 5.98. The van der Waals surface area contributed by atoms with E-state index in [1.54, 1.807) is 21.3 Å². The monoisotopic (exact) mass is 583 g/mol. The molecule has 12 heteroatoms. The van der Waals surface area contributed by atoms with Crippen LogP contribution in [0.4, 0.5) is 8.78 Å². The van der Waals surface area contributed by atoms with Crippen LogP contribution in [0.5, 0.6) is 5.75 Å². The number of carbonyl (C=O) groups is 2. The van der Waals surface area contributed by atoms with E-state index in [4.69, 9.17) is 11.6 Å². The van der Waals surface area contributed by atoms with Crippen molar-refractivity contribution in [1.82, 2.24) is 24.8 Å². The second-order valence-corrected chi connectivity index (χ2v) is 10.3. The van der Waals surface area contributed by atoms with Crippen molar-refractivity contribution in [3.05, 3.63) is 87.6 Å². The molecule has 1 fully saturated rings. The third-order valence-electron chi connectivity index (χ3n) is 7.33. The number of rotatable bonds is 8. The molecule has 5 rings (SSSR count). The summed E-state index contributed by atoms with van der Waals surface area (Å²) in [6, 6.07) is 14.6. The number of carbonyl (C=O) groups excluding carboxylic acids is 2. The SMILES string of the molecule is CNC(=O)c1ccc(-n2c(=O)n(CC3CCC(NC(=O)c4cc(Cl)ccc4OC(F)F)CC3)c3ccccc32)cn1. The first-order chi connectivity index (χ1) is 19.7. The summed E-state index contributed by atoms with van der Waals surface area (Å²) in [4.78, 5) is 42.6. The minimum Gasteiger partial charge on any atom is -0.434 e. The number of aromatic nitrogens is 3. The maximum absolute atomic E-state index is 13.6. The number of imidazole rings is 1. The fourth-order valence-electron chi connectivity index (χ4n) is 5.30. The van der Waals surface area contributed by atoms with Crippen molar-refractivity contribution in [2.24, 2.45) is 5.92 Å². The van der Waals surface area contributed by atoms with Crippen molar-refractivity contribution >= 4 is 34.4 Å². The highest BCUT2D eigenvalue weighted by molar-refractivity contribution is 6.31. The lowest BCUT2D eigenvalue weighted by atomic mass is 9.85. The van der Waals surface area contributed by atoms with Gasteiger partial charge in [0.05, 0.1) is 28.5 Å². The lowest BCUT2D eigenvalue weighted by Gasteiger charge is -2.29. The molecular weight excluding hydrogens is 556 g/mol. The molecule has 0 radical (unpaired) electrons. The average Bonchev–Trinajstić information content (AvgIpc) is 3.25. The van der Waals surface area contributed by atoms with Crippen LogP contribution >= 0.6 is 11.6 Å². The van der Waals surface area contributed by atoms with Gasteiger partial charge in [-0.15, -0.1) is 0 Å². The Balaban J connectivity index is 1.29. The number of benzene rings is 2.